The van der Waals surface area contributed by atoms with Crippen molar-refractivity contribution in [1.29, 1.82) is 0 Å². The number of ether oxygens (including phenoxy) is 1. The molecule has 0 aliphatic carbocycles. The maximum atomic E-state index is 8.98. The Morgan fingerprint density at radius 2 is 1.85 bits per heavy atom. The Bertz CT molecular complexity index is 575. The minimum absolute atomic E-state index is 0.217. The topological polar surface area (TPSA) is 29.5 Å². The van der Waals surface area contributed by atoms with Gasteiger partial charge in [0.1, 0.15) is 5.75 Å². The van der Waals surface area contributed by atoms with Crippen LogP contribution in [0.25, 0.3) is 0 Å². The second kappa shape index (κ2) is 16.4. The molecule has 1 aromatic rings. The predicted molar refractivity (Wildman–Crippen MR) is 115 cm³/mol. The molecule has 0 aliphatic rings. The Labute approximate surface area is 160 Å². The van der Waals surface area contributed by atoms with Gasteiger partial charge >= 0.3 is 0 Å². The molecule has 144 valence electrons. The third-order valence-corrected chi connectivity index (χ3v) is 3.56. The molecule has 0 aliphatic heterocycles. The van der Waals surface area contributed by atoms with Gasteiger partial charge < -0.3 is 9.84 Å². The van der Waals surface area contributed by atoms with E-state index in [1.807, 2.05) is 51.1 Å². The highest BCUT2D eigenvalue weighted by Gasteiger charge is 2.00. The third-order valence-electron chi connectivity index (χ3n) is 3.56. The molecule has 0 spiro atoms. The van der Waals surface area contributed by atoms with E-state index in [9.17, 15) is 0 Å². The molecule has 1 rings (SSSR count). The largest absolute Gasteiger partial charge is 0.465 e. The Hall–Kier alpha value is -2.06. The zero-order valence-corrected chi connectivity index (χ0v) is 17.2. The molecular weight excluding hydrogens is 320 g/mol. The highest BCUT2D eigenvalue weighted by Crippen LogP contribution is 2.18. The van der Waals surface area contributed by atoms with Crippen molar-refractivity contribution in [3.63, 3.8) is 0 Å². The van der Waals surface area contributed by atoms with Crippen LogP contribution < -0.4 is 4.74 Å². The molecule has 0 unspecified atom stereocenters. The van der Waals surface area contributed by atoms with Gasteiger partial charge in [0.25, 0.3) is 0 Å². The van der Waals surface area contributed by atoms with Gasteiger partial charge in [0.15, 0.2) is 0 Å². The van der Waals surface area contributed by atoms with E-state index in [2.05, 4.69) is 38.1 Å². The van der Waals surface area contributed by atoms with Crippen molar-refractivity contribution in [2.45, 2.75) is 60.3 Å². The van der Waals surface area contributed by atoms with E-state index in [1.54, 1.807) is 6.26 Å². The van der Waals surface area contributed by atoms with Crippen LogP contribution in [-0.2, 0) is 6.42 Å². The van der Waals surface area contributed by atoms with Crippen molar-refractivity contribution in [2.75, 3.05) is 6.61 Å². The summed E-state index contributed by atoms with van der Waals surface area (Å²) in [5.74, 6) is 0.837. The van der Waals surface area contributed by atoms with Gasteiger partial charge in [-0.2, -0.15) is 0 Å². The predicted octanol–water partition coefficient (Wildman–Crippen LogP) is 6.78. The molecular formula is C24H36O2. The summed E-state index contributed by atoms with van der Waals surface area (Å²) in [4.78, 5) is 0. The summed E-state index contributed by atoms with van der Waals surface area (Å²) in [6, 6.07) is 8.20. The van der Waals surface area contributed by atoms with Crippen LogP contribution in [0.15, 0.2) is 72.1 Å². The van der Waals surface area contributed by atoms with Gasteiger partial charge in [-0.1, -0.05) is 74.8 Å². The van der Waals surface area contributed by atoms with E-state index < -0.39 is 0 Å². The van der Waals surface area contributed by atoms with Crippen molar-refractivity contribution in [3.8, 4) is 5.75 Å². The molecule has 0 saturated heterocycles. The van der Waals surface area contributed by atoms with Gasteiger partial charge in [0.2, 0.25) is 0 Å². The summed E-state index contributed by atoms with van der Waals surface area (Å²) in [7, 11) is 0. The minimum atomic E-state index is 0.217. The Balaban J connectivity index is 0.00000301. The van der Waals surface area contributed by atoms with Crippen LogP contribution in [0, 0.1) is 0 Å². The summed E-state index contributed by atoms with van der Waals surface area (Å²) in [5, 5.41) is 8.98. The number of aliphatic hydroxyl groups is 1. The highest BCUT2D eigenvalue weighted by molar-refractivity contribution is 5.31. The van der Waals surface area contributed by atoms with E-state index in [1.165, 1.54) is 16.7 Å². The number of hydrogen-bond acceptors (Lipinski definition) is 2. The molecule has 0 amide bonds. The van der Waals surface area contributed by atoms with Gasteiger partial charge in [0.05, 0.1) is 6.26 Å². The lowest BCUT2D eigenvalue weighted by Gasteiger charge is -2.08. The van der Waals surface area contributed by atoms with Crippen molar-refractivity contribution in [3.05, 3.63) is 77.6 Å². The number of benzene rings is 1. The number of allylic oxidation sites excluding steroid dienone is 6. The lowest BCUT2D eigenvalue weighted by atomic mass is 10.0. The Morgan fingerprint density at radius 3 is 2.42 bits per heavy atom. The van der Waals surface area contributed by atoms with Crippen LogP contribution in [-0.4, -0.2) is 11.7 Å². The fourth-order valence-corrected chi connectivity index (χ4v) is 2.43. The summed E-state index contributed by atoms with van der Waals surface area (Å²) >= 11 is 0. The molecule has 1 aromatic carbocycles. The highest BCUT2D eigenvalue weighted by atomic mass is 16.5. The van der Waals surface area contributed by atoms with Gasteiger partial charge in [-0.05, 0) is 56.9 Å². The average molecular weight is 357 g/mol. The second-order valence-corrected chi connectivity index (χ2v) is 5.80. The van der Waals surface area contributed by atoms with Crippen molar-refractivity contribution in [2.24, 2.45) is 0 Å². The van der Waals surface area contributed by atoms with Crippen molar-refractivity contribution < 1.29 is 9.84 Å². The lowest BCUT2D eigenvalue weighted by Crippen LogP contribution is -1.93. The Kier molecular flexibility index (Phi) is 15.1. The van der Waals surface area contributed by atoms with Gasteiger partial charge in [-0.3, -0.25) is 0 Å². The normalized spacial score (nSPS) is 12.4. The molecule has 26 heavy (non-hydrogen) atoms. The standard InChI is InChI=1S/C22H30O2.C2H6/c1-4-8-19(3)10-7-17-24-22-14-12-21(13-15-22)18-20(9-5-2)11-6-16-23;1-2/h4,7-8,10-15,17,23H,5-6,9,16,18H2,1-3H3;1-2H3/b8-4-,17-7+,19-10-,20-11+;. The molecule has 0 bridgehead atoms. The maximum Gasteiger partial charge on any atom is 0.126 e. The third kappa shape index (κ3) is 11.5. The van der Waals surface area contributed by atoms with Crippen LogP contribution in [0.1, 0.15) is 59.4 Å². The van der Waals surface area contributed by atoms with Crippen molar-refractivity contribution in [1.82, 2.24) is 0 Å². The van der Waals surface area contributed by atoms with Crippen molar-refractivity contribution >= 4 is 0 Å². The summed E-state index contributed by atoms with van der Waals surface area (Å²) in [6.45, 7) is 10.5. The van der Waals surface area contributed by atoms with Crippen LogP contribution in [0.2, 0.25) is 0 Å². The first-order valence-electron chi connectivity index (χ1n) is 9.70. The monoisotopic (exact) mass is 356 g/mol. The number of aliphatic hydroxyl groups excluding tert-OH is 1. The van der Waals surface area contributed by atoms with Crippen LogP contribution in [0.3, 0.4) is 0 Å². The Morgan fingerprint density at radius 1 is 1.15 bits per heavy atom. The van der Waals surface area contributed by atoms with Gasteiger partial charge in [0, 0.05) is 6.61 Å². The number of rotatable bonds is 10. The zero-order valence-electron chi connectivity index (χ0n) is 17.2. The number of hydrogen-bond donors (Lipinski definition) is 1. The van der Waals surface area contributed by atoms with E-state index in [0.717, 1.165) is 31.4 Å². The van der Waals surface area contributed by atoms with E-state index in [4.69, 9.17) is 9.84 Å². The quantitative estimate of drug-likeness (QED) is 0.284. The molecule has 0 aromatic heterocycles. The smallest absolute Gasteiger partial charge is 0.126 e. The zero-order chi connectivity index (χ0) is 19.6. The molecule has 0 fully saturated rings. The fraction of sp³-hybridized carbons (Fsp3) is 0.417. The minimum Gasteiger partial charge on any atom is -0.465 e. The lowest BCUT2D eigenvalue weighted by molar-refractivity contribution is 0.302. The second-order valence-electron chi connectivity index (χ2n) is 5.80. The first-order valence-corrected chi connectivity index (χ1v) is 9.70. The molecule has 2 heteroatoms. The van der Waals surface area contributed by atoms with Crippen LogP contribution in [0.4, 0.5) is 0 Å². The molecule has 1 N–H and O–H groups in total. The maximum absolute atomic E-state index is 8.98. The van der Waals surface area contributed by atoms with E-state index >= 15 is 0 Å². The van der Waals surface area contributed by atoms with Gasteiger partial charge in [-0.15, -0.1) is 0 Å². The molecule has 0 atom stereocenters. The summed E-state index contributed by atoms with van der Waals surface area (Å²) in [6.07, 6.45) is 15.7. The average Bonchev–Trinajstić information content (AvgIpc) is 2.66. The molecule has 0 heterocycles. The SMILES string of the molecule is CC.C\C=C/C(C)=C\C=C\Oc1ccc(C/C(=C/CCO)CCC)cc1. The molecule has 0 radical (unpaired) electrons. The van der Waals surface area contributed by atoms with Crippen LogP contribution >= 0.6 is 0 Å². The first-order chi connectivity index (χ1) is 12.7. The van der Waals surface area contributed by atoms with Crippen LogP contribution in [0.5, 0.6) is 5.75 Å². The fourth-order valence-electron chi connectivity index (χ4n) is 2.43. The summed E-state index contributed by atoms with van der Waals surface area (Å²) < 4.78 is 5.61. The van der Waals surface area contributed by atoms with E-state index in [-0.39, 0.29) is 6.61 Å². The summed E-state index contributed by atoms with van der Waals surface area (Å²) in [5.41, 5.74) is 3.85. The van der Waals surface area contributed by atoms with E-state index in [0.29, 0.717) is 0 Å². The first kappa shape index (κ1) is 23.9. The van der Waals surface area contributed by atoms with Gasteiger partial charge in [-0.25, -0.2) is 0 Å². The molecule has 2 nitrogen and oxygen atoms in total. The molecule has 0 saturated carbocycles.